The van der Waals surface area contributed by atoms with Crippen LogP contribution in [-0.4, -0.2) is 73.8 Å². The first-order valence-electron chi connectivity index (χ1n) is 11.2. The lowest BCUT2D eigenvalue weighted by Gasteiger charge is -2.22. The quantitative estimate of drug-likeness (QED) is 0.427. The summed E-state index contributed by atoms with van der Waals surface area (Å²) in [4.78, 5) is 16.3. The number of tetrazole rings is 1. The second kappa shape index (κ2) is 9.60. The number of urea groups is 1. The highest BCUT2D eigenvalue weighted by molar-refractivity contribution is 5.77. The number of nitrogens with one attached hydrogen (secondary N) is 1. The lowest BCUT2D eigenvalue weighted by molar-refractivity contribution is 0.192. The van der Waals surface area contributed by atoms with E-state index in [-0.39, 0.29) is 12.1 Å². The van der Waals surface area contributed by atoms with E-state index >= 15 is 0 Å². The molecule has 2 N–H and O–H groups in total. The van der Waals surface area contributed by atoms with E-state index in [9.17, 15) is 9.90 Å². The minimum atomic E-state index is -0.551. The fraction of sp³-hybridized carbons (Fsp3) is 0.565. The Kier molecular flexibility index (Phi) is 6.65. The van der Waals surface area contributed by atoms with Gasteiger partial charge in [-0.15, -0.1) is 10.2 Å². The summed E-state index contributed by atoms with van der Waals surface area (Å²) in [5.41, 5.74) is 1.43. The van der Waals surface area contributed by atoms with Gasteiger partial charge in [-0.05, 0) is 36.7 Å². The van der Waals surface area contributed by atoms with Gasteiger partial charge in [-0.25, -0.2) is 4.79 Å². The molecule has 8 heteroatoms. The number of carbonyl (C=O) groups is 1. The molecule has 1 saturated heterocycles. The molecule has 0 radical (unpaired) electrons. The molecule has 1 aromatic heterocycles. The van der Waals surface area contributed by atoms with E-state index in [4.69, 9.17) is 0 Å². The summed E-state index contributed by atoms with van der Waals surface area (Å²) >= 11 is 0. The van der Waals surface area contributed by atoms with Crippen LogP contribution >= 0.6 is 0 Å². The van der Waals surface area contributed by atoms with Gasteiger partial charge in [-0.2, -0.15) is 5.21 Å². The summed E-state index contributed by atoms with van der Waals surface area (Å²) in [7, 11) is 1.84. The number of likely N-dealkylation sites (N-methyl/N-ethyl adjacent to an activating group) is 1. The first-order valence-corrected chi connectivity index (χ1v) is 11.2. The highest BCUT2D eigenvalue weighted by Crippen LogP contribution is 2.51. The number of aliphatic hydroxyl groups is 1. The molecule has 1 aromatic carbocycles. The van der Waals surface area contributed by atoms with Gasteiger partial charge in [0, 0.05) is 33.0 Å². The first-order chi connectivity index (χ1) is 15.0. The Morgan fingerprint density at radius 3 is 2.81 bits per heavy atom. The number of carbonyl (C=O) groups excluding carboxylic acids is 1. The molecule has 0 spiro atoms. The smallest absolute Gasteiger partial charge is 0.320 e. The van der Waals surface area contributed by atoms with Crippen molar-refractivity contribution in [2.24, 2.45) is 5.41 Å². The maximum atomic E-state index is 12.6. The number of aromatic amines is 1. The van der Waals surface area contributed by atoms with Crippen LogP contribution in [0.25, 0.3) is 0 Å². The number of unbranched alkanes of at least 4 members (excludes halogenated alkanes) is 1. The first kappa shape index (κ1) is 21.5. The van der Waals surface area contributed by atoms with E-state index in [1.54, 1.807) is 4.90 Å². The Morgan fingerprint density at radius 1 is 1.29 bits per heavy atom. The molecule has 2 aliphatic rings. The number of amides is 2. The highest BCUT2D eigenvalue weighted by Gasteiger charge is 2.43. The van der Waals surface area contributed by atoms with Crippen LogP contribution in [0.15, 0.2) is 42.5 Å². The number of H-pyrrole nitrogens is 1. The molecule has 2 amide bonds. The summed E-state index contributed by atoms with van der Waals surface area (Å²) < 4.78 is 0. The third-order valence-corrected chi connectivity index (χ3v) is 6.51. The predicted molar refractivity (Wildman–Crippen MR) is 117 cm³/mol. The van der Waals surface area contributed by atoms with Gasteiger partial charge in [0.2, 0.25) is 0 Å². The maximum absolute atomic E-state index is 12.6. The Bertz CT molecular complexity index is 865. The Balaban J connectivity index is 1.24. The highest BCUT2D eigenvalue weighted by atomic mass is 16.3. The SMILES string of the molecule is CN1C[C@H](/C=C/C(O)Cc2ccccc2)N(CCCCC2(Cc3nn[nH]n3)CC2)C1=O. The van der Waals surface area contributed by atoms with Crippen molar-refractivity contribution >= 4 is 6.03 Å². The topological polar surface area (TPSA) is 98.2 Å². The predicted octanol–water partition coefficient (Wildman–Crippen LogP) is 2.59. The fourth-order valence-corrected chi connectivity index (χ4v) is 4.49. The van der Waals surface area contributed by atoms with Gasteiger partial charge in [-0.1, -0.05) is 54.1 Å². The number of rotatable bonds is 11. The number of aliphatic hydroxyl groups excluding tert-OH is 1. The number of hydrogen-bond acceptors (Lipinski definition) is 5. The zero-order valence-electron chi connectivity index (χ0n) is 18.2. The Labute approximate surface area is 183 Å². The van der Waals surface area contributed by atoms with E-state index in [0.29, 0.717) is 18.4 Å². The molecular weight excluding hydrogens is 392 g/mol. The second-order valence-electron chi connectivity index (χ2n) is 9.03. The summed E-state index contributed by atoms with van der Waals surface area (Å²) in [5, 5.41) is 24.7. The summed E-state index contributed by atoms with van der Waals surface area (Å²) in [6.45, 7) is 1.40. The lowest BCUT2D eigenvalue weighted by atomic mass is 9.95. The number of hydrogen-bond donors (Lipinski definition) is 2. The molecule has 0 bridgehead atoms. The van der Waals surface area contributed by atoms with Crippen LogP contribution in [0.2, 0.25) is 0 Å². The van der Waals surface area contributed by atoms with Crippen LogP contribution < -0.4 is 0 Å². The Hall–Kier alpha value is -2.74. The van der Waals surface area contributed by atoms with Gasteiger partial charge in [-0.3, -0.25) is 0 Å². The lowest BCUT2D eigenvalue weighted by Crippen LogP contribution is -2.34. The van der Waals surface area contributed by atoms with Gasteiger partial charge in [0.05, 0.1) is 12.1 Å². The van der Waals surface area contributed by atoms with E-state index < -0.39 is 6.10 Å². The van der Waals surface area contributed by atoms with E-state index in [1.165, 1.54) is 12.8 Å². The van der Waals surface area contributed by atoms with Crippen molar-refractivity contribution < 1.29 is 9.90 Å². The second-order valence-corrected chi connectivity index (χ2v) is 9.03. The number of aromatic nitrogens is 4. The standard InChI is InChI=1S/C23H32N6O2/c1-28-17-19(9-10-20(30)15-18-7-3-2-4-8-18)29(22(28)31)14-6-5-11-23(12-13-23)16-21-24-26-27-25-21/h2-4,7-10,19-20,30H,5-6,11-17H2,1H3,(H,24,25,26,27)/b10-9+/t19-,20?/m0/s1. The van der Waals surface area contributed by atoms with Crippen molar-refractivity contribution in [2.45, 2.75) is 57.1 Å². The molecule has 2 heterocycles. The third kappa shape index (κ3) is 5.70. The van der Waals surface area contributed by atoms with Crippen molar-refractivity contribution in [1.82, 2.24) is 30.4 Å². The summed E-state index contributed by atoms with van der Waals surface area (Å²) in [5.74, 6) is 0.799. The minimum absolute atomic E-state index is 0.0112. The molecular formula is C23H32N6O2. The van der Waals surface area contributed by atoms with Gasteiger partial charge in [0.15, 0.2) is 5.82 Å². The van der Waals surface area contributed by atoms with Crippen molar-refractivity contribution in [3.05, 3.63) is 53.9 Å². The van der Waals surface area contributed by atoms with Crippen LogP contribution in [0.1, 0.15) is 43.5 Å². The average Bonchev–Trinajstić information content (AvgIpc) is 3.21. The summed E-state index contributed by atoms with van der Waals surface area (Å²) in [6, 6.07) is 10.0. The van der Waals surface area contributed by atoms with Gasteiger partial charge in [0.1, 0.15) is 0 Å². The zero-order chi connectivity index (χ0) is 21.7. The molecule has 1 saturated carbocycles. The van der Waals surface area contributed by atoms with Crippen molar-refractivity contribution in [2.75, 3.05) is 20.1 Å². The molecule has 31 heavy (non-hydrogen) atoms. The van der Waals surface area contributed by atoms with Gasteiger partial charge < -0.3 is 14.9 Å². The number of nitrogens with zero attached hydrogens (tertiary/aromatic N) is 5. The van der Waals surface area contributed by atoms with Crippen LogP contribution in [0.3, 0.4) is 0 Å². The van der Waals surface area contributed by atoms with Crippen LogP contribution in [0, 0.1) is 5.41 Å². The largest absolute Gasteiger partial charge is 0.389 e. The minimum Gasteiger partial charge on any atom is -0.389 e. The monoisotopic (exact) mass is 424 g/mol. The number of benzene rings is 1. The van der Waals surface area contributed by atoms with Crippen LogP contribution in [0.5, 0.6) is 0 Å². The molecule has 2 fully saturated rings. The maximum Gasteiger partial charge on any atom is 0.320 e. The van der Waals surface area contributed by atoms with Crippen LogP contribution in [0.4, 0.5) is 4.79 Å². The van der Waals surface area contributed by atoms with Crippen molar-refractivity contribution in [3.8, 4) is 0 Å². The fourth-order valence-electron chi connectivity index (χ4n) is 4.49. The Morgan fingerprint density at radius 2 is 2.10 bits per heavy atom. The van der Waals surface area contributed by atoms with Crippen LogP contribution in [-0.2, 0) is 12.8 Å². The molecule has 1 aliphatic heterocycles. The molecule has 2 atom stereocenters. The average molecular weight is 425 g/mol. The van der Waals surface area contributed by atoms with E-state index in [1.807, 2.05) is 54.4 Å². The third-order valence-electron chi connectivity index (χ3n) is 6.51. The molecule has 8 nitrogen and oxygen atoms in total. The van der Waals surface area contributed by atoms with E-state index in [0.717, 1.165) is 43.6 Å². The molecule has 1 unspecified atom stereocenters. The molecule has 166 valence electrons. The molecule has 4 rings (SSSR count). The van der Waals surface area contributed by atoms with Crippen molar-refractivity contribution in [1.29, 1.82) is 0 Å². The molecule has 2 aromatic rings. The van der Waals surface area contributed by atoms with E-state index in [2.05, 4.69) is 20.6 Å². The zero-order valence-corrected chi connectivity index (χ0v) is 18.2. The van der Waals surface area contributed by atoms with Gasteiger partial charge >= 0.3 is 6.03 Å². The van der Waals surface area contributed by atoms with Gasteiger partial charge in [0.25, 0.3) is 0 Å². The summed E-state index contributed by atoms with van der Waals surface area (Å²) in [6.07, 6.45) is 10.4. The van der Waals surface area contributed by atoms with Crippen molar-refractivity contribution in [3.63, 3.8) is 0 Å². The molecule has 1 aliphatic carbocycles. The normalized spacial score (nSPS) is 21.2.